The van der Waals surface area contributed by atoms with Gasteiger partial charge >= 0.3 is 0 Å². The van der Waals surface area contributed by atoms with Crippen LogP contribution in [-0.2, 0) is 14.8 Å². The Hall–Kier alpha value is -0.430. The van der Waals surface area contributed by atoms with Crippen LogP contribution in [-0.4, -0.2) is 38.7 Å². The van der Waals surface area contributed by atoms with E-state index in [1.165, 1.54) is 0 Å². The van der Waals surface area contributed by atoms with E-state index >= 15 is 0 Å². The molecule has 0 bridgehead atoms. The average molecular weight is 303 g/mol. The fraction of sp³-hybridized carbons (Fsp3) is 0.692. The van der Waals surface area contributed by atoms with E-state index in [0.717, 1.165) is 24.8 Å². The van der Waals surface area contributed by atoms with Crippen LogP contribution in [0.1, 0.15) is 37.3 Å². The van der Waals surface area contributed by atoms with Gasteiger partial charge in [-0.2, -0.15) is 15.6 Å². The van der Waals surface area contributed by atoms with Gasteiger partial charge in [-0.15, -0.1) is 0 Å². The standard InChI is InChI=1S/C13H21NO3S2/c1-17-8-2-3-10-19(15,16)14-7-4-5-13(14)12-6-9-18-11-12/h6,9,11,13H,2-5,7-8,10H2,1H3/t13-/m0/s1. The normalized spacial score (nSPS) is 21.0. The van der Waals surface area contributed by atoms with E-state index in [1.807, 2.05) is 11.4 Å². The minimum Gasteiger partial charge on any atom is -0.385 e. The monoisotopic (exact) mass is 303 g/mol. The van der Waals surface area contributed by atoms with Crippen LogP contribution >= 0.6 is 11.3 Å². The fourth-order valence-corrected chi connectivity index (χ4v) is 5.05. The third-order valence-corrected chi connectivity index (χ3v) is 6.15. The van der Waals surface area contributed by atoms with Crippen LogP contribution in [0.2, 0.25) is 0 Å². The highest BCUT2D eigenvalue weighted by Gasteiger charge is 2.34. The lowest BCUT2D eigenvalue weighted by Crippen LogP contribution is -2.32. The van der Waals surface area contributed by atoms with E-state index in [1.54, 1.807) is 22.8 Å². The van der Waals surface area contributed by atoms with Crippen LogP contribution in [0, 0.1) is 0 Å². The van der Waals surface area contributed by atoms with E-state index < -0.39 is 10.0 Å². The lowest BCUT2D eigenvalue weighted by atomic mass is 10.1. The Morgan fingerprint density at radius 2 is 2.32 bits per heavy atom. The van der Waals surface area contributed by atoms with Crippen molar-refractivity contribution in [1.82, 2.24) is 4.31 Å². The zero-order valence-corrected chi connectivity index (χ0v) is 12.9. The molecule has 6 heteroatoms. The molecule has 4 nitrogen and oxygen atoms in total. The third kappa shape index (κ3) is 3.78. The van der Waals surface area contributed by atoms with Crippen LogP contribution in [0.3, 0.4) is 0 Å². The van der Waals surface area contributed by atoms with Crippen molar-refractivity contribution in [3.8, 4) is 0 Å². The Labute approximate surface area is 119 Å². The van der Waals surface area contributed by atoms with Crippen LogP contribution in [0.25, 0.3) is 0 Å². The average Bonchev–Trinajstić information content (AvgIpc) is 3.03. The molecule has 1 aromatic rings. The zero-order valence-electron chi connectivity index (χ0n) is 11.2. The van der Waals surface area contributed by atoms with Gasteiger partial charge in [0.25, 0.3) is 0 Å². The second kappa shape index (κ2) is 6.83. The van der Waals surface area contributed by atoms with Crippen molar-refractivity contribution < 1.29 is 13.2 Å². The molecule has 0 spiro atoms. The third-order valence-electron chi connectivity index (χ3n) is 3.49. The minimum absolute atomic E-state index is 0.0543. The first-order valence-corrected chi connectivity index (χ1v) is 9.21. The van der Waals surface area contributed by atoms with E-state index in [2.05, 4.69) is 5.38 Å². The molecular weight excluding hydrogens is 282 g/mol. The van der Waals surface area contributed by atoms with Gasteiger partial charge in [0.15, 0.2) is 0 Å². The summed E-state index contributed by atoms with van der Waals surface area (Å²) in [6.45, 7) is 1.29. The van der Waals surface area contributed by atoms with E-state index in [0.29, 0.717) is 19.6 Å². The van der Waals surface area contributed by atoms with Gasteiger partial charge in [-0.25, -0.2) is 8.42 Å². The van der Waals surface area contributed by atoms with Crippen molar-refractivity contribution in [2.24, 2.45) is 0 Å². The molecule has 1 aliphatic heterocycles. The molecule has 0 radical (unpaired) electrons. The van der Waals surface area contributed by atoms with Gasteiger partial charge in [0.05, 0.1) is 11.8 Å². The van der Waals surface area contributed by atoms with E-state index in [9.17, 15) is 8.42 Å². The maximum atomic E-state index is 12.4. The highest BCUT2D eigenvalue weighted by Crippen LogP contribution is 2.35. The molecule has 1 aliphatic rings. The summed E-state index contributed by atoms with van der Waals surface area (Å²) in [4.78, 5) is 0. The Morgan fingerprint density at radius 1 is 1.47 bits per heavy atom. The van der Waals surface area contributed by atoms with Crippen molar-refractivity contribution >= 4 is 21.4 Å². The molecule has 1 atom stereocenters. The summed E-state index contributed by atoms with van der Waals surface area (Å²) in [6, 6.07) is 2.09. The van der Waals surface area contributed by atoms with Crippen LogP contribution in [0.5, 0.6) is 0 Å². The largest absolute Gasteiger partial charge is 0.385 e. The summed E-state index contributed by atoms with van der Waals surface area (Å²) in [5.41, 5.74) is 1.14. The SMILES string of the molecule is COCCCCS(=O)(=O)N1CCC[C@H]1c1ccsc1. The maximum absolute atomic E-state index is 12.4. The first kappa shape index (κ1) is 15.0. The molecule has 0 unspecified atom stereocenters. The van der Waals surface area contributed by atoms with E-state index in [4.69, 9.17) is 4.74 Å². The number of sulfonamides is 1. The number of methoxy groups -OCH3 is 1. The number of unbranched alkanes of at least 4 members (excludes halogenated alkanes) is 1. The molecule has 0 aliphatic carbocycles. The fourth-order valence-electron chi connectivity index (χ4n) is 2.52. The van der Waals surface area contributed by atoms with Crippen molar-refractivity contribution in [3.05, 3.63) is 22.4 Å². The smallest absolute Gasteiger partial charge is 0.214 e. The second-order valence-corrected chi connectivity index (χ2v) is 7.66. The highest BCUT2D eigenvalue weighted by atomic mass is 32.2. The summed E-state index contributed by atoms with van der Waals surface area (Å²) in [6.07, 6.45) is 3.36. The Balaban J connectivity index is 1.99. The van der Waals surface area contributed by atoms with E-state index in [-0.39, 0.29) is 11.8 Å². The maximum Gasteiger partial charge on any atom is 0.214 e. The number of rotatable bonds is 7. The van der Waals surface area contributed by atoms with Gasteiger partial charge in [0, 0.05) is 20.3 Å². The molecular formula is C13H21NO3S2. The minimum atomic E-state index is -3.13. The van der Waals surface area contributed by atoms with Gasteiger partial charge in [-0.05, 0) is 48.1 Å². The summed E-state index contributed by atoms with van der Waals surface area (Å²) >= 11 is 1.63. The van der Waals surface area contributed by atoms with Gasteiger partial charge in [0.2, 0.25) is 10.0 Å². The molecule has 1 aromatic heterocycles. The Morgan fingerprint density at radius 3 is 3.00 bits per heavy atom. The number of thiophene rings is 1. The van der Waals surface area contributed by atoms with Crippen molar-refractivity contribution in [1.29, 1.82) is 0 Å². The van der Waals surface area contributed by atoms with Crippen molar-refractivity contribution in [2.45, 2.75) is 31.7 Å². The predicted octanol–water partition coefficient (Wildman–Crippen LogP) is 2.64. The molecule has 0 aromatic carbocycles. The molecule has 0 saturated carbocycles. The van der Waals surface area contributed by atoms with Crippen molar-refractivity contribution in [3.63, 3.8) is 0 Å². The Bertz CT molecular complexity index is 470. The molecule has 1 fully saturated rings. The molecule has 2 rings (SSSR count). The van der Waals surface area contributed by atoms with Crippen molar-refractivity contribution in [2.75, 3.05) is 26.0 Å². The quantitative estimate of drug-likeness (QED) is 0.728. The summed E-state index contributed by atoms with van der Waals surface area (Å²) in [5, 5.41) is 4.07. The zero-order chi connectivity index (χ0) is 13.7. The van der Waals surface area contributed by atoms with Crippen LogP contribution in [0.15, 0.2) is 16.8 Å². The predicted molar refractivity (Wildman–Crippen MR) is 77.9 cm³/mol. The summed E-state index contributed by atoms with van der Waals surface area (Å²) < 4.78 is 31.4. The number of nitrogens with zero attached hydrogens (tertiary/aromatic N) is 1. The topological polar surface area (TPSA) is 46.6 Å². The van der Waals surface area contributed by atoms with Gasteiger partial charge < -0.3 is 4.74 Å². The highest BCUT2D eigenvalue weighted by molar-refractivity contribution is 7.89. The lowest BCUT2D eigenvalue weighted by Gasteiger charge is -2.23. The lowest BCUT2D eigenvalue weighted by molar-refractivity contribution is 0.194. The molecule has 2 heterocycles. The summed E-state index contributed by atoms with van der Waals surface area (Å²) in [5.74, 6) is 0.233. The molecule has 19 heavy (non-hydrogen) atoms. The Kier molecular flexibility index (Phi) is 5.38. The first-order valence-electron chi connectivity index (χ1n) is 6.65. The van der Waals surface area contributed by atoms with Gasteiger partial charge in [-0.1, -0.05) is 0 Å². The number of hydrogen-bond acceptors (Lipinski definition) is 4. The van der Waals surface area contributed by atoms with Gasteiger partial charge in [-0.3, -0.25) is 0 Å². The summed E-state index contributed by atoms with van der Waals surface area (Å²) in [7, 11) is -1.49. The van der Waals surface area contributed by atoms with Crippen LogP contribution < -0.4 is 0 Å². The number of ether oxygens (including phenoxy) is 1. The molecule has 1 saturated heterocycles. The number of hydrogen-bond donors (Lipinski definition) is 0. The second-order valence-electron chi connectivity index (χ2n) is 4.84. The van der Waals surface area contributed by atoms with Crippen LogP contribution in [0.4, 0.5) is 0 Å². The first-order chi connectivity index (χ1) is 9.15. The van der Waals surface area contributed by atoms with Gasteiger partial charge in [0.1, 0.15) is 0 Å². The molecule has 108 valence electrons. The molecule has 0 N–H and O–H groups in total. The molecule has 0 amide bonds.